The van der Waals surface area contributed by atoms with Gasteiger partial charge in [-0.15, -0.1) is 0 Å². The number of carbonyl (C=O) groups excluding carboxylic acids is 1. The van der Waals surface area contributed by atoms with Gasteiger partial charge in [0.15, 0.2) is 0 Å². The first-order valence-corrected chi connectivity index (χ1v) is 8.36. The summed E-state index contributed by atoms with van der Waals surface area (Å²) in [7, 11) is 0. The maximum Gasteiger partial charge on any atom is 0.407 e. The van der Waals surface area contributed by atoms with Crippen LogP contribution in [0, 0.1) is 11.8 Å². The first kappa shape index (κ1) is 19.0. The zero-order valence-corrected chi connectivity index (χ0v) is 15.4. The van der Waals surface area contributed by atoms with E-state index in [0.717, 1.165) is 6.54 Å². The number of carbonyl (C=O) groups is 1. The Kier molecular flexibility index (Phi) is 6.48. The molecule has 0 aromatic heterocycles. The van der Waals surface area contributed by atoms with Gasteiger partial charge in [0.1, 0.15) is 5.60 Å². The van der Waals surface area contributed by atoms with Crippen LogP contribution in [0.25, 0.3) is 0 Å². The maximum atomic E-state index is 11.7. The van der Waals surface area contributed by atoms with Crippen LogP contribution in [0.2, 0.25) is 0 Å². The summed E-state index contributed by atoms with van der Waals surface area (Å²) in [6.45, 7) is 15.9. The molecule has 0 bridgehead atoms. The number of rotatable bonds is 5. The van der Waals surface area contributed by atoms with Gasteiger partial charge in [-0.25, -0.2) is 4.79 Å². The van der Waals surface area contributed by atoms with E-state index in [-0.39, 0.29) is 11.6 Å². The van der Waals surface area contributed by atoms with E-state index in [1.54, 1.807) is 0 Å². The molecule has 4 heteroatoms. The molecule has 1 amide bonds. The van der Waals surface area contributed by atoms with Crippen LogP contribution in [0.3, 0.4) is 0 Å². The fourth-order valence-electron chi connectivity index (χ4n) is 2.93. The van der Waals surface area contributed by atoms with Crippen LogP contribution in [-0.4, -0.2) is 30.3 Å². The molecule has 1 rings (SSSR count). The minimum absolute atomic E-state index is 0.144. The molecule has 0 heterocycles. The maximum absolute atomic E-state index is 11.7. The second-order valence-corrected chi connectivity index (χ2v) is 8.42. The lowest BCUT2D eigenvalue weighted by Gasteiger charge is -2.32. The van der Waals surface area contributed by atoms with Crippen molar-refractivity contribution in [3.63, 3.8) is 0 Å². The van der Waals surface area contributed by atoms with Crippen molar-refractivity contribution in [3.05, 3.63) is 11.6 Å². The van der Waals surface area contributed by atoms with E-state index in [0.29, 0.717) is 18.4 Å². The molecule has 0 radical (unpaired) electrons. The molecule has 0 saturated heterocycles. The van der Waals surface area contributed by atoms with E-state index in [9.17, 15) is 4.79 Å². The van der Waals surface area contributed by atoms with Crippen molar-refractivity contribution >= 4 is 6.09 Å². The molecule has 1 aliphatic carbocycles. The standard InChI is InChI=1S/C18H34N2O2/c1-13-8-14(2)10-15(9-13)11-20-18(6,7)12-19-16(21)22-17(3,4)5/h8,13,15,20H,9-12H2,1-7H3,(H,19,21). The molecule has 2 unspecified atom stereocenters. The van der Waals surface area contributed by atoms with Crippen molar-refractivity contribution in [2.45, 2.75) is 72.4 Å². The van der Waals surface area contributed by atoms with Crippen molar-refractivity contribution in [1.29, 1.82) is 0 Å². The highest BCUT2D eigenvalue weighted by molar-refractivity contribution is 5.67. The number of ether oxygens (including phenoxy) is 1. The number of hydrogen-bond donors (Lipinski definition) is 2. The van der Waals surface area contributed by atoms with Crippen molar-refractivity contribution in [3.8, 4) is 0 Å². The van der Waals surface area contributed by atoms with E-state index >= 15 is 0 Å². The average molecular weight is 310 g/mol. The fourth-order valence-corrected chi connectivity index (χ4v) is 2.93. The second-order valence-electron chi connectivity index (χ2n) is 8.42. The molecule has 128 valence electrons. The summed E-state index contributed by atoms with van der Waals surface area (Å²) in [4.78, 5) is 11.7. The zero-order chi connectivity index (χ0) is 17.0. The highest BCUT2D eigenvalue weighted by Gasteiger charge is 2.24. The predicted molar refractivity (Wildman–Crippen MR) is 92.0 cm³/mol. The molecule has 22 heavy (non-hydrogen) atoms. The number of alkyl carbamates (subject to hydrolysis) is 1. The summed E-state index contributed by atoms with van der Waals surface area (Å²) in [5, 5.41) is 6.44. The van der Waals surface area contributed by atoms with Crippen molar-refractivity contribution in [1.82, 2.24) is 10.6 Å². The van der Waals surface area contributed by atoms with Crippen LogP contribution in [-0.2, 0) is 4.74 Å². The highest BCUT2D eigenvalue weighted by atomic mass is 16.6. The van der Waals surface area contributed by atoms with E-state index in [1.807, 2.05) is 20.8 Å². The van der Waals surface area contributed by atoms with Gasteiger partial charge < -0.3 is 15.4 Å². The zero-order valence-electron chi connectivity index (χ0n) is 15.4. The fraction of sp³-hybridized carbons (Fsp3) is 0.833. The van der Waals surface area contributed by atoms with Gasteiger partial charge in [0, 0.05) is 12.1 Å². The van der Waals surface area contributed by atoms with Crippen LogP contribution in [0.15, 0.2) is 11.6 Å². The molecule has 0 aliphatic heterocycles. The molecular weight excluding hydrogens is 276 g/mol. The quantitative estimate of drug-likeness (QED) is 0.758. The van der Waals surface area contributed by atoms with Crippen LogP contribution in [0.5, 0.6) is 0 Å². The number of hydrogen-bond acceptors (Lipinski definition) is 3. The van der Waals surface area contributed by atoms with Gasteiger partial charge in [-0.05, 0) is 72.8 Å². The highest BCUT2D eigenvalue weighted by Crippen LogP contribution is 2.27. The average Bonchev–Trinajstić information content (AvgIpc) is 2.31. The summed E-state index contributed by atoms with van der Waals surface area (Å²) >= 11 is 0. The number of nitrogens with one attached hydrogen (secondary N) is 2. The van der Waals surface area contributed by atoms with Crippen molar-refractivity contribution in [2.75, 3.05) is 13.1 Å². The Morgan fingerprint density at radius 1 is 1.32 bits per heavy atom. The normalized spacial score (nSPS) is 23.0. The molecule has 0 aromatic carbocycles. The molecule has 0 fully saturated rings. The van der Waals surface area contributed by atoms with E-state index in [4.69, 9.17) is 4.74 Å². The molecular formula is C18H34N2O2. The lowest BCUT2D eigenvalue weighted by Crippen LogP contribution is -2.51. The van der Waals surface area contributed by atoms with Gasteiger partial charge in [0.25, 0.3) is 0 Å². The third-order valence-electron chi connectivity index (χ3n) is 3.83. The van der Waals surface area contributed by atoms with Gasteiger partial charge in [0.05, 0.1) is 0 Å². The topological polar surface area (TPSA) is 50.4 Å². The number of amides is 1. The number of allylic oxidation sites excluding steroid dienone is 2. The molecule has 2 atom stereocenters. The van der Waals surface area contributed by atoms with E-state index in [1.165, 1.54) is 18.4 Å². The summed E-state index contributed by atoms with van der Waals surface area (Å²) < 4.78 is 5.27. The van der Waals surface area contributed by atoms with Gasteiger partial charge in [0.2, 0.25) is 0 Å². The van der Waals surface area contributed by atoms with Crippen LogP contribution in [0.4, 0.5) is 4.79 Å². The lowest BCUT2D eigenvalue weighted by molar-refractivity contribution is 0.0513. The largest absolute Gasteiger partial charge is 0.444 e. The monoisotopic (exact) mass is 310 g/mol. The summed E-state index contributed by atoms with van der Waals surface area (Å²) in [6.07, 6.45) is 4.44. The second kappa shape index (κ2) is 7.49. The van der Waals surface area contributed by atoms with Gasteiger partial charge in [-0.2, -0.15) is 0 Å². The van der Waals surface area contributed by atoms with Gasteiger partial charge >= 0.3 is 6.09 Å². The molecule has 0 spiro atoms. The van der Waals surface area contributed by atoms with E-state index < -0.39 is 5.60 Å². The Balaban J connectivity index is 2.35. The molecule has 0 aromatic rings. The Labute approximate surface area is 136 Å². The third-order valence-corrected chi connectivity index (χ3v) is 3.83. The first-order valence-electron chi connectivity index (χ1n) is 8.36. The third kappa shape index (κ3) is 7.83. The predicted octanol–water partition coefficient (Wildman–Crippen LogP) is 3.87. The van der Waals surface area contributed by atoms with Crippen LogP contribution in [0.1, 0.15) is 61.3 Å². The van der Waals surface area contributed by atoms with Gasteiger partial charge in [-0.3, -0.25) is 0 Å². The Morgan fingerprint density at radius 2 is 1.95 bits per heavy atom. The summed E-state index contributed by atoms with van der Waals surface area (Å²) in [5.41, 5.74) is 0.897. The minimum atomic E-state index is -0.455. The molecule has 1 aliphatic rings. The summed E-state index contributed by atoms with van der Waals surface area (Å²) in [6, 6.07) is 0. The van der Waals surface area contributed by atoms with E-state index in [2.05, 4.69) is 44.4 Å². The first-order chi connectivity index (χ1) is 9.97. The smallest absolute Gasteiger partial charge is 0.407 e. The van der Waals surface area contributed by atoms with Gasteiger partial charge in [-0.1, -0.05) is 18.6 Å². The molecule has 0 saturated carbocycles. The minimum Gasteiger partial charge on any atom is -0.444 e. The Bertz CT molecular complexity index is 408. The van der Waals surface area contributed by atoms with Crippen LogP contribution >= 0.6 is 0 Å². The molecule has 4 nitrogen and oxygen atoms in total. The lowest BCUT2D eigenvalue weighted by atomic mass is 9.83. The van der Waals surface area contributed by atoms with Crippen molar-refractivity contribution in [2.24, 2.45) is 11.8 Å². The van der Waals surface area contributed by atoms with Crippen LogP contribution < -0.4 is 10.6 Å². The molecule has 2 N–H and O–H groups in total. The SMILES string of the molecule is CC1=CC(C)CC(CNC(C)(C)CNC(=O)OC(C)(C)C)C1. The summed E-state index contributed by atoms with van der Waals surface area (Å²) in [5.74, 6) is 1.35. The Morgan fingerprint density at radius 3 is 2.50 bits per heavy atom. The van der Waals surface area contributed by atoms with Crippen molar-refractivity contribution < 1.29 is 9.53 Å². The Hall–Kier alpha value is -1.03.